The Labute approximate surface area is 175 Å². The van der Waals surface area contributed by atoms with Gasteiger partial charge in [-0.2, -0.15) is 0 Å². The zero-order valence-corrected chi connectivity index (χ0v) is 17.1. The summed E-state index contributed by atoms with van der Waals surface area (Å²) in [5.41, 5.74) is 0.0637. The van der Waals surface area contributed by atoms with Gasteiger partial charge in [0.05, 0.1) is 0 Å². The molecule has 0 saturated carbocycles. The first kappa shape index (κ1) is 21.0. The molecular formula is C23H28F2N2O3. The molecule has 4 rings (SSSR count). The molecule has 3 aliphatic rings. The third-order valence-corrected chi connectivity index (χ3v) is 6.62. The normalized spacial score (nSPS) is 25.4. The van der Waals surface area contributed by atoms with Crippen molar-refractivity contribution < 1.29 is 23.1 Å². The molecule has 0 aromatic heterocycles. The first-order valence-corrected chi connectivity index (χ1v) is 10.8. The summed E-state index contributed by atoms with van der Waals surface area (Å²) in [6, 6.07) is 4.01. The van der Waals surface area contributed by atoms with Gasteiger partial charge in [-0.15, -0.1) is 0 Å². The van der Waals surface area contributed by atoms with Crippen LogP contribution in [0.5, 0.6) is 0 Å². The Balaban J connectivity index is 1.39. The van der Waals surface area contributed by atoms with Gasteiger partial charge in [0.1, 0.15) is 0 Å². The number of hydrogen-bond acceptors (Lipinski definition) is 3. The highest BCUT2D eigenvalue weighted by atomic mass is 19.2. The van der Waals surface area contributed by atoms with E-state index in [1.54, 1.807) is 0 Å². The second-order valence-corrected chi connectivity index (χ2v) is 8.44. The van der Waals surface area contributed by atoms with Crippen LogP contribution >= 0.6 is 0 Å². The maximum absolute atomic E-state index is 13.8. The van der Waals surface area contributed by atoms with Crippen LogP contribution in [0.3, 0.4) is 0 Å². The molecule has 0 N–H and O–H groups in total. The summed E-state index contributed by atoms with van der Waals surface area (Å²) in [4.78, 5) is 29.5. The van der Waals surface area contributed by atoms with Crippen molar-refractivity contribution >= 4 is 17.9 Å². The van der Waals surface area contributed by atoms with Crippen LogP contribution in [0.4, 0.5) is 8.78 Å². The third kappa shape index (κ3) is 4.41. The van der Waals surface area contributed by atoms with Crippen molar-refractivity contribution in [3.63, 3.8) is 0 Å². The first-order chi connectivity index (χ1) is 14.5. The fourth-order valence-corrected chi connectivity index (χ4v) is 4.99. The maximum Gasteiger partial charge on any atom is 0.246 e. The van der Waals surface area contributed by atoms with Crippen LogP contribution in [-0.2, 0) is 14.3 Å². The topological polar surface area (TPSA) is 49.9 Å². The zero-order chi connectivity index (χ0) is 21.1. The monoisotopic (exact) mass is 418 g/mol. The van der Waals surface area contributed by atoms with E-state index in [1.165, 1.54) is 24.3 Å². The number of carbonyl (C=O) groups is 2. The molecule has 0 bridgehead atoms. The van der Waals surface area contributed by atoms with Crippen LogP contribution in [0.1, 0.15) is 37.7 Å². The third-order valence-electron chi connectivity index (χ3n) is 6.62. The second-order valence-electron chi connectivity index (χ2n) is 8.44. The summed E-state index contributed by atoms with van der Waals surface area (Å²) >= 11 is 0. The molecule has 0 aliphatic carbocycles. The summed E-state index contributed by atoms with van der Waals surface area (Å²) in [5.74, 6) is -1.51. The zero-order valence-electron chi connectivity index (χ0n) is 17.1. The predicted molar refractivity (Wildman–Crippen MR) is 108 cm³/mol. The smallest absolute Gasteiger partial charge is 0.246 e. The molecule has 30 heavy (non-hydrogen) atoms. The minimum Gasteiger partial charge on any atom is -0.381 e. The number of hydrogen-bond donors (Lipinski definition) is 0. The lowest BCUT2D eigenvalue weighted by Gasteiger charge is -2.47. The molecule has 2 amide bonds. The van der Waals surface area contributed by atoms with Crippen LogP contribution in [0, 0.1) is 23.5 Å². The minimum absolute atomic E-state index is 0.0562. The standard InChI is InChI=1S/C23H28F2N2O3/c24-19-5-1-3-16(22(19)25)6-7-21(28)27-11-2-4-18-15-26(12-8-20(18)27)23(29)17-9-13-30-14-10-17/h1,3,5-7,17-18,20H,2,4,8-15H2/b7-6+/t18-,20+/m1/s1. The Bertz CT molecular complexity index is 823. The largest absolute Gasteiger partial charge is 0.381 e. The molecule has 5 nitrogen and oxygen atoms in total. The van der Waals surface area contributed by atoms with Crippen LogP contribution in [0.15, 0.2) is 24.3 Å². The fraction of sp³-hybridized carbons (Fsp3) is 0.565. The second kappa shape index (κ2) is 9.25. The molecular weight excluding hydrogens is 390 g/mol. The summed E-state index contributed by atoms with van der Waals surface area (Å²) in [5, 5.41) is 0. The van der Waals surface area contributed by atoms with Gasteiger partial charge >= 0.3 is 0 Å². The van der Waals surface area contributed by atoms with E-state index in [2.05, 4.69) is 0 Å². The maximum atomic E-state index is 13.8. The van der Waals surface area contributed by atoms with Gasteiger partial charge in [0.25, 0.3) is 0 Å². The highest BCUT2D eigenvalue weighted by Crippen LogP contribution is 2.32. The summed E-state index contributed by atoms with van der Waals surface area (Å²) < 4.78 is 32.6. The van der Waals surface area contributed by atoms with E-state index in [1.807, 2.05) is 9.80 Å². The number of likely N-dealkylation sites (tertiary alicyclic amines) is 2. The van der Waals surface area contributed by atoms with Gasteiger partial charge in [-0.05, 0) is 50.2 Å². The first-order valence-electron chi connectivity index (χ1n) is 10.8. The average Bonchev–Trinajstić information content (AvgIpc) is 2.79. The van der Waals surface area contributed by atoms with E-state index in [4.69, 9.17) is 4.74 Å². The van der Waals surface area contributed by atoms with Crippen molar-refractivity contribution in [2.75, 3.05) is 32.8 Å². The van der Waals surface area contributed by atoms with Gasteiger partial charge in [0, 0.05) is 56.4 Å². The van der Waals surface area contributed by atoms with Crippen molar-refractivity contribution in [2.24, 2.45) is 11.8 Å². The number of rotatable bonds is 3. The van der Waals surface area contributed by atoms with E-state index in [-0.39, 0.29) is 35.3 Å². The SMILES string of the molecule is O=C(C1CCOCC1)N1CC[C@H]2[C@H](CCCN2C(=O)/C=C/c2cccc(F)c2F)C1. The number of benzene rings is 1. The van der Waals surface area contributed by atoms with Crippen molar-refractivity contribution in [1.82, 2.24) is 9.80 Å². The van der Waals surface area contributed by atoms with Gasteiger partial charge in [-0.3, -0.25) is 9.59 Å². The van der Waals surface area contributed by atoms with Gasteiger partial charge < -0.3 is 14.5 Å². The summed E-state index contributed by atoms with van der Waals surface area (Å²) in [7, 11) is 0. The Morgan fingerprint density at radius 3 is 2.67 bits per heavy atom. The lowest BCUT2D eigenvalue weighted by atomic mass is 9.83. The van der Waals surface area contributed by atoms with E-state index < -0.39 is 11.6 Å². The molecule has 3 saturated heterocycles. The highest BCUT2D eigenvalue weighted by Gasteiger charge is 2.40. The molecule has 3 fully saturated rings. The predicted octanol–water partition coefficient (Wildman–Crippen LogP) is 3.24. The lowest BCUT2D eigenvalue weighted by Crippen LogP contribution is -2.57. The molecule has 1 aromatic carbocycles. The number of piperidine rings is 2. The number of ether oxygens (including phenoxy) is 1. The van der Waals surface area contributed by atoms with E-state index >= 15 is 0 Å². The number of carbonyl (C=O) groups excluding carboxylic acids is 2. The number of halogens is 2. The van der Waals surface area contributed by atoms with Gasteiger partial charge in [-0.25, -0.2) is 8.78 Å². The van der Waals surface area contributed by atoms with E-state index in [9.17, 15) is 18.4 Å². The molecule has 2 atom stereocenters. The Hall–Kier alpha value is -2.28. The summed E-state index contributed by atoms with van der Waals surface area (Å²) in [6.45, 7) is 3.30. The Morgan fingerprint density at radius 2 is 1.87 bits per heavy atom. The van der Waals surface area contributed by atoms with Crippen molar-refractivity contribution in [3.05, 3.63) is 41.5 Å². The van der Waals surface area contributed by atoms with Crippen LogP contribution in [0.25, 0.3) is 6.08 Å². The molecule has 3 heterocycles. The van der Waals surface area contributed by atoms with Crippen molar-refractivity contribution in [2.45, 2.75) is 38.1 Å². The van der Waals surface area contributed by atoms with Crippen LogP contribution < -0.4 is 0 Å². The number of amides is 2. The molecule has 0 spiro atoms. The van der Waals surface area contributed by atoms with Gasteiger partial charge in [0.2, 0.25) is 11.8 Å². The minimum atomic E-state index is -0.946. The molecule has 162 valence electrons. The molecule has 0 radical (unpaired) electrons. The molecule has 0 unspecified atom stereocenters. The molecule has 3 aliphatic heterocycles. The van der Waals surface area contributed by atoms with Crippen LogP contribution in [0.2, 0.25) is 0 Å². The average molecular weight is 418 g/mol. The molecule has 1 aromatic rings. The van der Waals surface area contributed by atoms with Crippen molar-refractivity contribution in [3.8, 4) is 0 Å². The lowest BCUT2D eigenvalue weighted by molar-refractivity contribution is -0.144. The molecule has 7 heteroatoms. The quantitative estimate of drug-likeness (QED) is 0.708. The van der Waals surface area contributed by atoms with E-state index in [0.29, 0.717) is 32.8 Å². The summed E-state index contributed by atoms with van der Waals surface area (Å²) in [6.07, 6.45) is 6.88. The van der Waals surface area contributed by atoms with Gasteiger partial charge in [-0.1, -0.05) is 12.1 Å². The van der Waals surface area contributed by atoms with E-state index in [0.717, 1.165) is 38.2 Å². The Kier molecular flexibility index (Phi) is 6.46. The highest BCUT2D eigenvalue weighted by molar-refractivity contribution is 5.92. The fourth-order valence-electron chi connectivity index (χ4n) is 4.99. The number of nitrogens with zero attached hydrogens (tertiary/aromatic N) is 2. The Morgan fingerprint density at radius 1 is 1.07 bits per heavy atom. The van der Waals surface area contributed by atoms with Crippen LogP contribution in [-0.4, -0.2) is 60.5 Å². The van der Waals surface area contributed by atoms with Gasteiger partial charge in [0.15, 0.2) is 11.6 Å². The van der Waals surface area contributed by atoms with Crippen molar-refractivity contribution in [1.29, 1.82) is 0 Å². The number of fused-ring (bicyclic) bond motifs is 1.